The molecule has 0 aromatic carbocycles. The maximum absolute atomic E-state index is 11.8. The van der Waals surface area contributed by atoms with Crippen LogP contribution in [0.5, 0.6) is 0 Å². The molecule has 9 nitrogen and oxygen atoms in total. The van der Waals surface area contributed by atoms with E-state index in [1.807, 2.05) is 0 Å². The predicted octanol–water partition coefficient (Wildman–Crippen LogP) is -0.508. The van der Waals surface area contributed by atoms with Crippen molar-refractivity contribution in [3.63, 3.8) is 0 Å². The normalized spacial score (nSPS) is 11.3. The van der Waals surface area contributed by atoms with E-state index in [-0.39, 0.29) is 10.7 Å². The molecule has 2 rings (SSSR count). The van der Waals surface area contributed by atoms with Crippen LogP contribution in [-0.4, -0.2) is 39.5 Å². The van der Waals surface area contributed by atoms with Gasteiger partial charge in [-0.3, -0.25) is 19.3 Å². The monoisotopic (exact) mass is 271 g/mol. The molecular formula is C8H9N5O4S. The van der Waals surface area contributed by atoms with Gasteiger partial charge in [-0.15, -0.1) is 0 Å². The minimum Gasteiger partial charge on any atom is -0.480 e. The topological polar surface area (TPSA) is 130 Å². The Morgan fingerprint density at radius 1 is 1.56 bits per heavy atom. The summed E-state index contributed by atoms with van der Waals surface area (Å²) in [6, 6.07) is 1.44. The van der Waals surface area contributed by atoms with Crippen molar-refractivity contribution in [2.24, 2.45) is 0 Å². The van der Waals surface area contributed by atoms with E-state index in [1.54, 1.807) is 0 Å². The Morgan fingerprint density at radius 3 is 2.94 bits per heavy atom. The molecule has 0 unspecified atom stereocenters. The van der Waals surface area contributed by atoms with Crippen LogP contribution in [0.15, 0.2) is 29.6 Å². The summed E-state index contributed by atoms with van der Waals surface area (Å²) in [7, 11) is -3.80. The van der Waals surface area contributed by atoms with E-state index in [9.17, 15) is 13.2 Å². The quantitative estimate of drug-likeness (QED) is 0.671. The fourth-order valence-corrected chi connectivity index (χ4v) is 2.19. The molecule has 0 saturated carbocycles. The number of nitrogens with one attached hydrogen (secondary N) is 2. The lowest BCUT2D eigenvalue weighted by Gasteiger charge is -2.02. The van der Waals surface area contributed by atoms with Gasteiger partial charge in [-0.05, 0) is 0 Å². The van der Waals surface area contributed by atoms with Crippen molar-refractivity contribution in [2.75, 3.05) is 4.72 Å². The highest BCUT2D eigenvalue weighted by Gasteiger charge is 2.17. The van der Waals surface area contributed by atoms with Crippen molar-refractivity contribution in [2.45, 2.75) is 11.4 Å². The molecule has 10 heteroatoms. The molecule has 2 aromatic heterocycles. The molecule has 3 N–H and O–H groups in total. The molecular weight excluding hydrogens is 262 g/mol. The third kappa shape index (κ3) is 2.66. The molecule has 0 spiro atoms. The zero-order valence-electron chi connectivity index (χ0n) is 8.94. The highest BCUT2D eigenvalue weighted by Crippen LogP contribution is 2.12. The van der Waals surface area contributed by atoms with Gasteiger partial charge in [0.2, 0.25) is 0 Å². The van der Waals surface area contributed by atoms with Crippen LogP contribution in [0, 0.1) is 0 Å². The highest BCUT2D eigenvalue weighted by atomic mass is 32.2. The number of H-pyrrole nitrogens is 1. The van der Waals surface area contributed by atoms with Crippen LogP contribution in [0.4, 0.5) is 5.82 Å². The number of hydrogen-bond donors (Lipinski definition) is 3. The van der Waals surface area contributed by atoms with Crippen LogP contribution in [0.2, 0.25) is 0 Å². The summed E-state index contributed by atoms with van der Waals surface area (Å²) in [5.41, 5.74) is 0. The Hall–Kier alpha value is -2.36. The lowest BCUT2D eigenvalue weighted by molar-refractivity contribution is -0.137. The van der Waals surface area contributed by atoms with Gasteiger partial charge in [0.25, 0.3) is 10.0 Å². The molecule has 2 heterocycles. The molecule has 0 aliphatic rings. The molecule has 2 aromatic rings. The van der Waals surface area contributed by atoms with Gasteiger partial charge in [-0.1, -0.05) is 0 Å². The summed E-state index contributed by atoms with van der Waals surface area (Å²) in [4.78, 5) is 10.3. The SMILES string of the molecule is O=C(O)Cn1cc(S(=O)(=O)Nc2ccn[nH]2)cn1. The van der Waals surface area contributed by atoms with Gasteiger partial charge in [0.1, 0.15) is 17.3 Å². The van der Waals surface area contributed by atoms with E-state index in [0.29, 0.717) is 0 Å². The van der Waals surface area contributed by atoms with E-state index < -0.39 is 22.5 Å². The van der Waals surface area contributed by atoms with Crippen LogP contribution in [0.25, 0.3) is 0 Å². The van der Waals surface area contributed by atoms with Crippen LogP contribution in [-0.2, 0) is 21.4 Å². The maximum Gasteiger partial charge on any atom is 0.325 e. The number of carboxylic acids is 1. The highest BCUT2D eigenvalue weighted by molar-refractivity contribution is 7.92. The van der Waals surface area contributed by atoms with Crippen molar-refractivity contribution in [3.8, 4) is 0 Å². The van der Waals surface area contributed by atoms with Crippen molar-refractivity contribution in [3.05, 3.63) is 24.7 Å². The van der Waals surface area contributed by atoms with Gasteiger partial charge in [0, 0.05) is 12.3 Å². The number of hydrogen-bond acceptors (Lipinski definition) is 5. The van der Waals surface area contributed by atoms with E-state index in [1.165, 1.54) is 12.3 Å². The second kappa shape index (κ2) is 4.49. The number of sulfonamides is 1. The molecule has 0 atom stereocenters. The van der Waals surface area contributed by atoms with Gasteiger partial charge >= 0.3 is 5.97 Å². The molecule has 0 aliphatic carbocycles. The molecule has 0 bridgehead atoms. The Kier molecular flexibility index (Phi) is 3.02. The largest absolute Gasteiger partial charge is 0.480 e. The molecule has 0 amide bonds. The fourth-order valence-electron chi connectivity index (χ4n) is 1.22. The summed E-state index contributed by atoms with van der Waals surface area (Å²) >= 11 is 0. The first-order valence-electron chi connectivity index (χ1n) is 4.74. The minimum atomic E-state index is -3.80. The Bertz CT molecular complexity index is 645. The summed E-state index contributed by atoms with van der Waals surface area (Å²) in [6.45, 7) is -0.403. The Balaban J connectivity index is 2.19. The number of aromatic amines is 1. The number of nitrogens with zero attached hydrogens (tertiary/aromatic N) is 3. The number of aliphatic carboxylic acids is 1. The van der Waals surface area contributed by atoms with Crippen LogP contribution < -0.4 is 4.72 Å². The molecule has 0 aliphatic heterocycles. The third-order valence-corrected chi connectivity index (χ3v) is 3.28. The second-order valence-electron chi connectivity index (χ2n) is 3.34. The zero-order valence-corrected chi connectivity index (χ0v) is 9.75. The molecule has 0 fully saturated rings. The smallest absolute Gasteiger partial charge is 0.325 e. The third-order valence-electron chi connectivity index (χ3n) is 1.96. The van der Waals surface area contributed by atoms with E-state index in [4.69, 9.17) is 5.11 Å². The van der Waals surface area contributed by atoms with Gasteiger partial charge in [0.05, 0.1) is 12.4 Å². The van der Waals surface area contributed by atoms with Gasteiger partial charge < -0.3 is 5.11 Å². The number of rotatable bonds is 5. The summed E-state index contributed by atoms with van der Waals surface area (Å²) in [6.07, 6.45) is 3.60. The predicted molar refractivity (Wildman–Crippen MR) is 59.3 cm³/mol. The van der Waals surface area contributed by atoms with Gasteiger partial charge in [0.15, 0.2) is 0 Å². The van der Waals surface area contributed by atoms with Crippen molar-refractivity contribution in [1.29, 1.82) is 0 Å². The summed E-state index contributed by atoms with van der Waals surface area (Å²) < 4.78 is 26.9. The maximum atomic E-state index is 11.8. The lowest BCUT2D eigenvalue weighted by atomic mass is 10.6. The van der Waals surface area contributed by atoms with Crippen LogP contribution in [0.1, 0.15) is 0 Å². The Morgan fingerprint density at radius 2 is 2.33 bits per heavy atom. The number of carbonyl (C=O) groups is 1. The van der Waals surface area contributed by atoms with Crippen molar-refractivity contribution < 1.29 is 18.3 Å². The first kappa shape index (κ1) is 12.1. The van der Waals surface area contributed by atoms with Gasteiger partial charge in [-0.2, -0.15) is 10.2 Å². The molecule has 96 valence electrons. The average Bonchev–Trinajstić information content (AvgIpc) is 2.87. The second-order valence-corrected chi connectivity index (χ2v) is 5.03. The zero-order chi connectivity index (χ0) is 13.2. The number of anilines is 1. The minimum absolute atomic E-state index is 0.127. The van der Waals surface area contributed by atoms with E-state index in [2.05, 4.69) is 20.0 Å². The first-order valence-corrected chi connectivity index (χ1v) is 6.22. The number of aromatic nitrogens is 4. The van der Waals surface area contributed by atoms with Crippen LogP contribution in [0.3, 0.4) is 0 Å². The fraction of sp³-hybridized carbons (Fsp3) is 0.125. The van der Waals surface area contributed by atoms with Crippen LogP contribution >= 0.6 is 0 Å². The summed E-state index contributed by atoms with van der Waals surface area (Å²) in [5, 5.41) is 18.2. The molecule has 0 radical (unpaired) electrons. The lowest BCUT2D eigenvalue weighted by Crippen LogP contribution is -2.13. The standard InChI is InChI=1S/C8H9N5O4S/c14-8(15)5-13-4-6(3-10-13)18(16,17)12-7-1-2-9-11-7/h1-4H,5H2,(H,14,15)(H2,9,11,12). The van der Waals surface area contributed by atoms with E-state index in [0.717, 1.165) is 17.1 Å². The average molecular weight is 271 g/mol. The van der Waals surface area contributed by atoms with Crippen molar-refractivity contribution in [1.82, 2.24) is 20.0 Å². The first-order chi connectivity index (χ1) is 8.47. The molecule has 0 saturated heterocycles. The van der Waals surface area contributed by atoms with Gasteiger partial charge in [-0.25, -0.2) is 8.42 Å². The van der Waals surface area contributed by atoms with Crippen molar-refractivity contribution >= 4 is 21.8 Å². The summed E-state index contributed by atoms with van der Waals surface area (Å²) in [5.74, 6) is -0.899. The molecule has 18 heavy (non-hydrogen) atoms. The van der Waals surface area contributed by atoms with E-state index >= 15 is 0 Å². The Labute approximate surface area is 101 Å². The number of carboxylic acid groups (broad SMARTS) is 1.